The average Bonchev–Trinajstić information content (AvgIpc) is 3.34. The van der Waals surface area contributed by atoms with Crippen LogP contribution < -0.4 is 10.6 Å². The summed E-state index contributed by atoms with van der Waals surface area (Å²) in [5.74, 6) is -0.657. The van der Waals surface area contributed by atoms with E-state index in [0.29, 0.717) is 43.1 Å². The summed E-state index contributed by atoms with van der Waals surface area (Å²) in [7, 11) is -2.99. The van der Waals surface area contributed by atoms with Crippen molar-refractivity contribution < 1.29 is 17.6 Å². The maximum Gasteiger partial charge on any atom is 0.274 e. The van der Waals surface area contributed by atoms with E-state index in [1.807, 2.05) is 35.2 Å². The van der Waals surface area contributed by atoms with Crippen LogP contribution >= 0.6 is 0 Å². The van der Waals surface area contributed by atoms with Crippen LogP contribution in [0.2, 0.25) is 0 Å². The zero-order chi connectivity index (χ0) is 26.2. The Morgan fingerprint density at radius 2 is 1.76 bits per heavy atom. The fraction of sp³-hybridized carbons (Fsp3) is 0.346. The van der Waals surface area contributed by atoms with Crippen molar-refractivity contribution in [3.63, 3.8) is 0 Å². The van der Waals surface area contributed by atoms with E-state index >= 15 is 0 Å². The van der Waals surface area contributed by atoms with Gasteiger partial charge >= 0.3 is 0 Å². The Kier molecular flexibility index (Phi) is 6.70. The van der Waals surface area contributed by atoms with Gasteiger partial charge in [0.15, 0.2) is 15.5 Å². The molecule has 3 aromatic rings. The van der Waals surface area contributed by atoms with Crippen LogP contribution in [0.3, 0.4) is 0 Å². The molecule has 0 radical (unpaired) electrons. The largest absolute Gasteiger partial charge is 0.369 e. The summed E-state index contributed by atoms with van der Waals surface area (Å²) in [6.45, 7) is 1.90. The van der Waals surface area contributed by atoms with Crippen LogP contribution in [0, 0.1) is 17.1 Å². The van der Waals surface area contributed by atoms with E-state index in [-0.39, 0.29) is 34.7 Å². The molecule has 1 amide bonds. The first kappa shape index (κ1) is 24.9. The minimum Gasteiger partial charge on any atom is -0.369 e. The smallest absolute Gasteiger partial charge is 0.274 e. The molecule has 5 rings (SSSR count). The first-order chi connectivity index (χ1) is 17.7. The number of halogens is 1. The maximum absolute atomic E-state index is 14.5. The summed E-state index contributed by atoms with van der Waals surface area (Å²) in [5, 5.41) is 13.7. The second-order valence-corrected chi connectivity index (χ2v) is 11.7. The first-order valence-corrected chi connectivity index (χ1v) is 14.0. The van der Waals surface area contributed by atoms with E-state index in [2.05, 4.69) is 5.10 Å². The highest BCUT2D eigenvalue weighted by Crippen LogP contribution is 2.28. The quantitative estimate of drug-likeness (QED) is 0.558. The van der Waals surface area contributed by atoms with Crippen LogP contribution in [0.4, 0.5) is 10.1 Å². The van der Waals surface area contributed by atoms with Gasteiger partial charge in [0.05, 0.1) is 28.5 Å². The molecule has 2 aliphatic heterocycles. The molecule has 1 atom stereocenters. The summed E-state index contributed by atoms with van der Waals surface area (Å²) in [4.78, 5) is 17.0. The third-order valence-electron chi connectivity index (χ3n) is 6.86. The average molecular weight is 523 g/mol. The molecule has 1 aromatic heterocycles. The summed E-state index contributed by atoms with van der Waals surface area (Å²) in [6, 6.07) is 15.1. The molecule has 0 aliphatic carbocycles. The molecule has 9 nitrogen and oxygen atoms in total. The van der Waals surface area contributed by atoms with Crippen LogP contribution in [-0.4, -0.2) is 72.7 Å². The van der Waals surface area contributed by atoms with Crippen LogP contribution in [0.1, 0.15) is 28.9 Å². The fourth-order valence-electron chi connectivity index (χ4n) is 4.78. The van der Waals surface area contributed by atoms with Gasteiger partial charge in [-0.05, 0) is 55.3 Å². The van der Waals surface area contributed by atoms with E-state index in [4.69, 9.17) is 11.0 Å². The number of carbonyl (C=O) groups excluding carboxylic acids is 1. The standard InChI is InChI=1S/C26H27FN6O3S/c27-23-14-18(3-4-19(23)16-28)25-15-24(26(34)32-9-1-2-20(29)17-32)30-33(25)22-7-5-21(6-8-22)31-10-12-37(35,36)13-11-31/h3-8,14-15,20H,1-2,9-13,17,29H2/t20-/m1/s1. The van der Waals surface area contributed by atoms with E-state index < -0.39 is 15.7 Å². The summed E-state index contributed by atoms with van der Waals surface area (Å²) in [5.41, 5.74) is 8.74. The summed E-state index contributed by atoms with van der Waals surface area (Å²) in [6.07, 6.45) is 1.68. The Bertz CT molecular complexity index is 1460. The number of piperidine rings is 1. The number of nitriles is 1. The van der Waals surface area contributed by atoms with Crippen molar-refractivity contribution >= 4 is 21.4 Å². The van der Waals surface area contributed by atoms with E-state index in [1.165, 1.54) is 12.1 Å². The Hall–Kier alpha value is -3.75. The Balaban J connectivity index is 1.50. The normalized spacial score (nSPS) is 19.4. The molecule has 2 N–H and O–H groups in total. The molecule has 192 valence electrons. The Morgan fingerprint density at radius 3 is 2.41 bits per heavy atom. The number of rotatable bonds is 4. The van der Waals surface area contributed by atoms with Gasteiger partial charge in [-0.25, -0.2) is 17.5 Å². The van der Waals surface area contributed by atoms with Crippen molar-refractivity contribution in [2.75, 3.05) is 42.6 Å². The lowest BCUT2D eigenvalue weighted by Gasteiger charge is -2.30. The second-order valence-electron chi connectivity index (χ2n) is 9.44. The van der Waals surface area contributed by atoms with Crippen molar-refractivity contribution in [1.29, 1.82) is 5.26 Å². The molecule has 0 bridgehead atoms. The van der Waals surface area contributed by atoms with Gasteiger partial charge in [-0.15, -0.1) is 0 Å². The predicted molar refractivity (Wildman–Crippen MR) is 138 cm³/mol. The number of nitrogens with two attached hydrogens (primary N) is 1. The highest BCUT2D eigenvalue weighted by molar-refractivity contribution is 7.91. The van der Waals surface area contributed by atoms with Crippen molar-refractivity contribution in [2.45, 2.75) is 18.9 Å². The second kappa shape index (κ2) is 9.95. The molecular formula is C26H27FN6O3S. The highest BCUT2D eigenvalue weighted by atomic mass is 32.2. The number of hydrogen-bond acceptors (Lipinski definition) is 7. The molecule has 0 spiro atoms. The number of anilines is 1. The lowest BCUT2D eigenvalue weighted by Crippen LogP contribution is -2.45. The molecule has 0 saturated carbocycles. The van der Waals surface area contributed by atoms with Crippen LogP contribution in [0.25, 0.3) is 16.9 Å². The highest BCUT2D eigenvalue weighted by Gasteiger charge is 2.26. The van der Waals surface area contributed by atoms with Crippen LogP contribution in [0.5, 0.6) is 0 Å². The molecule has 2 fully saturated rings. The topological polar surface area (TPSA) is 125 Å². The third-order valence-corrected chi connectivity index (χ3v) is 8.47. The van der Waals surface area contributed by atoms with Crippen molar-refractivity contribution in [2.24, 2.45) is 5.73 Å². The zero-order valence-electron chi connectivity index (χ0n) is 20.2. The number of hydrogen-bond donors (Lipinski definition) is 1. The lowest BCUT2D eigenvalue weighted by atomic mass is 10.1. The van der Waals surface area contributed by atoms with Crippen molar-refractivity contribution in [3.8, 4) is 23.0 Å². The van der Waals surface area contributed by atoms with Gasteiger partial charge < -0.3 is 15.5 Å². The molecule has 2 aliphatic rings. The Labute approximate surface area is 214 Å². The van der Waals surface area contributed by atoms with Gasteiger partial charge in [-0.3, -0.25) is 4.79 Å². The third kappa shape index (κ3) is 5.21. The predicted octanol–water partition coefficient (Wildman–Crippen LogP) is 2.35. The minimum atomic E-state index is -2.99. The minimum absolute atomic E-state index is 0.0682. The number of aromatic nitrogens is 2. The molecular weight excluding hydrogens is 495 g/mol. The van der Waals surface area contributed by atoms with E-state index in [1.54, 1.807) is 21.7 Å². The van der Waals surface area contributed by atoms with Gasteiger partial charge in [-0.2, -0.15) is 10.4 Å². The fourth-order valence-corrected chi connectivity index (χ4v) is 5.99. The van der Waals surface area contributed by atoms with Gasteiger partial charge in [-0.1, -0.05) is 6.07 Å². The van der Waals surface area contributed by atoms with Crippen molar-refractivity contribution in [1.82, 2.24) is 14.7 Å². The van der Waals surface area contributed by atoms with Crippen LogP contribution in [-0.2, 0) is 9.84 Å². The first-order valence-electron chi connectivity index (χ1n) is 12.1. The van der Waals surface area contributed by atoms with Gasteiger partial charge in [0.2, 0.25) is 0 Å². The summed E-state index contributed by atoms with van der Waals surface area (Å²) < 4.78 is 39.6. The number of nitrogens with zero attached hydrogens (tertiary/aromatic N) is 5. The molecule has 0 unspecified atom stereocenters. The van der Waals surface area contributed by atoms with Gasteiger partial charge in [0.25, 0.3) is 5.91 Å². The molecule has 11 heteroatoms. The Morgan fingerprint density at radius 1 is 1.05 bits per heavy atom. The van der Waals surface area contributed by atoms with E-state index in [9.17, 15) is 17.6 Å². The maximum atomic E-state index is 14.5. The van der Waals surface area contributed by atoms with E-state index in [0.717, 1.165) is 18.5 Å². The van der Waals surface area contributed by atoms with Gasteiger partial charge in [0.1, 0.15) is 11.9 Å². The van der Waals surface area contributed by atoms with Gasteiger partial charge in [0, 0.05) is 43.5 Å². The monoisotopic (exact) mass is 522 g/mol. The molecule has 37 heavy (non-hydrogen) atoms. The number of carbonyl (C=O) groups is 1. The molecule has 2 aromatic carbocycles. The molecule has 2 saturated heterocycles. The number of sulfone groups is 1. The lowest BCUT2D eigenvalue weighted by molar-refractivity contribution is 0.0702. The zero-order valence-corrected chi connectivity index (χ0v) is 21.0. The number of amides is 1. The van der Waals surface area contributed by atoms with Crippen molar-refractivity contribution in [3.05, 3.63) is 65.6 Å². The number of likely N-dealkylation sites (tertiary alicyclic amines) is 1. The molecule has 3 heterocycles. The number of benzene rings is 2. The SMILES string of the molecule is N#Cc1ccc(-c2cc(C(=O)N3CCC[C@@H](N)C3)nn2-c2ccc(N3CCS(=O)(=O)CC3)cc2)cc1F. The summed E-state index contributed by atoms with van der Waals surface area (Å²) >= 11 is 0. The van der Waals surface area contributed by atoms with Crippen LogP contribution in [0.15, 0.2) is 48.5 Å².